The smallest absolute Gasteiger partial charge is 0.189 e. The third kappa shape index (κ3) is 1.05. The minimum atomic E-state index is -0.587. The van der Waals surface area contributed by atoms with Crippen LogP contribution in [0.5, 0.6) is 0 Å². The number of nitrogens with zero attached hydrogens (tertiary/aromatic N) is 4. The normalized spacial score (nSPS) is 17.0. The van der Waals surface area contributed by atoms with E-state index in [4.69, 9.17) is 5.84 Å². The molecule has 0 amide bonds. The Balaban J connectivity index is 2.50. The van der Waals surface area contributed by atoms with Gasteiger partial charge in [-0.05, 0) is 0 Å². The van der Waals surface area contributed by atoms with E-state index in [2.05, 4.69) is 5.10 Å². The lowest BCUT2D eigenvalue weighted by Crippen LogP contribution is -2.34. The maximum atomic E-state index is 9.91. The fourth-order valence-corrected chi connectivity index (χ4v) is 0.441. The van der Waals surface area contributed by atoms with Gasteiger partial charge in [-0.2, -0.15) is 0 Å². The van der Waals surface area contributed by atoms with Gasteiger partial charge in [-0.3, -0.25) is 0 Å². The quantitative estimate of drug-likeness (QED) is 0.268. The summed E-state index contributed by atoms with van der Waals surface area (Å²) in [5, 5.41) is 14.5. The molecule has 0 radical (unpaired) electrons. The Bertz CT molecular complexity index is 155. The van der Waals surface area contributed by atoms with Crippen molar-refractivity contribution in [1.29, 1.82) is 0 Å². The standard InChI is InChI=1S/C2H5N5O2/c3-6-2-5(1-4-6)7(8)9/h1H,2-3H2. The Morgan fingerprint density at radius 3 is 2.78 bits per heavy atom. The first-order chi connectivity index (χ1) is 4.20. The number of rotatable bonds is 1. The average Bonchev–Trinajstić information content (AvgIpc) is 2.14. The molecule has 1 rings (SSSR count). The van der Waals surface area contributed by atoms with Crippen molar-refractivity contribution in [3.8, 4) is 0 Å². The van der Waals surface area contributed by atoms with Crippen LogP contribution < -0.4 is 5.84 Å². The van der Waals surface area contributed by atoms with Crippen molar-refractivity contribution in [3.05, 3.63) is 10.1 Å². The maximum Gasteiger partial charge on any atom is 0.189 e. The molecule has 0 saturated carbocycles. The number of nitrogens with two attached hydrogens (primary N) is 1. The second kappa shape index (κ2) is 1.86. The Labute approximate surface area is 50.4 Å². The molecule has 0 saturated heterocycles. The molecule has 0 aromatic heterocycles. The number of hydrazone groups is 1. The number of hydrazine groups is 2. The molecule has 0 aromatic carbocycles. The van der Waals surface area contributed by atoms with Gasteiger partial charge in [0.1, 0.15) is 0 Å². The average molecular weight is 131 g/mol. The minimum absolute atomic E-state index is 0.00694. The van der Waals surface area contributed by atoms with Crippen LogP contribution in [-0.2, 0) is 0 Å². The zero-order valence-corrected chi connectivity index (χ0v) is 4.47. The van der Waals surface area contributed by atoms with Crippen LogP contribution in [0.25, 0.3) is 0 Å². The van der Waals surface area contributed by atoms with Gasteiger partial charge >= 0.3 is 0 Å². The first-order valence-electron chi connectivity index (χ1n) is 2.17. The molecule has 50 valence electrons. The fraction of sp³-hybridized carbons (Fsp3) is 0.500. The lowest BCUT2D eigenvalue weighted by molar-refractivity contribution is -0.628. The molecule has 9 heavy (non-hydrogen) atoms. The highest BCUT2D eigenvalue weighted by Crippen LogP contribution is 1.94. The van der Waals surface area contributed by atoms with E-state index in [1.807, 2.05) is 0 Å². The highest BCUT2D eigenvalue weighted by atomic mass is 16.7. The summed E-state index contributed by atoms with van der Waals surface area (Å²) < 4.78 is 0. The topological polar surface area (TPSA) is 88.0 Å². The molecule has 2 N–H and O–H groups in total. The second-order valence-corrected chi connectivity index (χ2v) is 1.49. The summed E-state index contributed by atoms with van der Waals surface area (Å²) in [6.45, 7) is 0.00694. The molecule has 7 nitrogen and oxygen atoms in total. The summed E-state index contributed by atoms with van der Waals surface area (Å²) >= 11 is 0. The van der Waals surface area contributed by atoms with Crippen LogP contribution in [0.1, 0.15) is 0 Å². The van der Waals surface area contributed by atoms with E-state index >= 15 is 0 Å². The minimum Gasteiger partial charge on any atom is -0.234 e. The van der Waals surface area contributed by atoms with Crippen molar-refractivity contribution in [2.75, 3.05) is 6.67 Å². The lowest BCUT2D eigenvalue weighted by atomic mass is 11.0. The number of hydrogen-bond donors (Lipinski definition) is 1. The summed E-state index contributed by atoms with van der Waals surface area (Å²) in [7, 11) is 0. The molecule has 1 heterocycles. The van der Waals surface area contributed by atoms with E-state index in [9.17, 15) is 10.1 Å². The molecule has 0 aromatic rings. The van der Waals surface area contributed by atoms with Gasteiger partial charge in [-0.25, -0.2) is 21.1 Å². The molecule has 0 atom stereocenters. The summed E-state index contributed by atoms with van der Waals surface area (Å²) in [4.78, 5) is 9.91. The molecule has 0 spiro atoms. The van der Waals surface area contributed by atoms with Crippen LogP contribution in [0, 0.1) is 10.1 Å². The molecule has 1 aliphatic rings. The van der Waals surface area contributed by atoms with Crippen molar-refractivity contribution >= 4 is 6.34 Å². The highest BCUT2D eigenvalue weighted by Gasteiger charge is 2.18. The predicted molar refractivity (Wildman–Crippen MR) is 28.2 cm³/mol. The molecule has 0 aliphatic carbocycles. The third-order valence-corrected chi connectivity index (χ3v) is 0.833. The van der Waals surface area contributed by atoms with Crippen LogP contribution in [0.3, 0.4) is 0 Å². The molecule has 7 heteroatoms. The van der Waals surface area contributed by atoms with E-state index in [1.165, 1.54) is 0 Å². The summed E-state index contributed by atoms with van der Waals surface area (Å²) in [6, 6.07) is 0. The summed E-state index contributed by atoms with van der Waals surface area (Å²) in [6.07, 6.45) is 1.06. The molecular weight excluding hydrogens is 126 g/mol. The van der Waals surface area contributed by atoms with Crippen LogP contribution in [-0.4, -0.2) is 28.2 Å². The Morgan fingerprint density at radius 2 is 2.56 bits per heavy atom. The Kier molecular flexibility index (Phi) is 1.19. The van der Waals surface area contributed by atoms with Gasteiger partial charge in [-0.1, -0.05) is 5.01 Å². The van der Waals surface area contributed by atoms with Crippen molar-refractivity contribution in [2.24, 2.45) is 10.9 Å². The van der Waals surface area contributed by atoms with Gasteiger partial charge in [-0.15, -0.1) is 5.10 Å². The lowest BCUT2D eigenvalue weighted by Gasteiger charge is -2.04. The monoisotopic (exact) mass is 131 g/mol. The molecule has 0 bridgehead atoms. The van der Waals surface area contributed by atoms with Gasteiger partial charge in [0.15, 0.2) is 18.0 Å². The van der Waals surface area contributed by atoms with E-state index in [-0.39, 0.29) is 6.67 Å². The van der Waals surface area contributed by atoms with Crippen molar-refractivity contribution in [3.63, 3.8) is 0 Å². The third-order valence-electron chi connectivity index (χ3n) is 0.833. The van der Waals surface area contributed by atoms with Crippen LogP contribution in [0.4, 0.5) is 0 Å². The van der Waals surface area contributed by atoms with E-state index in [1.54, 1.807) is 0 Å². The van der Waals surface area contributed by atoms with Gasteiger partial charge < -0.3 is 0 Å². The molecular formula is C2H5N5O2. The molecule has 1 aliphatic heterocycles. The first kappa shape index (κ1) is 5.76. The highest BCUT2D eigenvalue weighted by molar-refractivity contribution is 5.53. The van der Waals surface area contributed by atoms with Gasteiger partial charge in [0.25, 0.3) is 0 Å². The van der Waals surface area contributed by atoms with Crippen molar-refractivity contribution < 1.29 is 5.03 Å². The number of nitro groups is 1. The van der Waals surface area contributed by atoms with E-state index in [0.717, 1.165) is 16.5 Å². The Hall–Kier alpha value is -1.37. The van der Waals surface area contributed by atoms with Crippen LogP contribution in [0.15, 0.2) is 5.10 Å². The zero-order valence-electron chi connectivity index (χ0n) is 4.47. The largest absolute Gasteiger partial charge is 0.234 e. The predicted octanol–water partition coefficient (Wildman–Crippen LogP) is -1.43. The van der Waals surface area contributed by atoms with Crippen molar-refractivity contribution in [2.45, 2.75) is 0 Å². The van der Waals surface area contributed by atoms with Crippen LogP contribution in [0.2, 0.25) is 0 Å². The second-order valence-electron chi connectivity index (χ2n) is 1.49. The maximum absolute atomic E-state index is 9.91. The van der Waals surface area contributed by atoms with Gasteiger partial charge in [0, 0.05) is 0 Å². The first-order valence-corrected chi connectivity index (χ1v) is 2.17. The molecule has 0 unspecified atom stereocenters. The number of hydrogen-bond acceptors (Lipinski definition) is 5. The zero-order chi connectivity index (χ0) is 6.85. The van der Waals surface area contributed by atoms with Gasteiger partial charge in [0.05, 0.1) is 0 Å². The Morgan fingerprint density at radius 1 is 1.89 bits per heavy atom. The summed E-state index contributed by atoms with van der Waals surface area (Å²) in [5.74, 6) is 5.05. The van der Waals surface area contributed by atoms with E-state index < -0.39 is 5.03 Å². The van der Waals surface area contributed by atoms with E-state index in [0.29, 0.717) is 0 Å². The van der Waals surface area contributed by atoms with Crippen molar-refractivity contribution in [1.82, 2.24) is 10.1 Å². The van der Waals surface area contributed by atoms with Gasteiger partial charge in [0.2, 0.25) is 0 Å². The summed E-state index contributed by atoms with van der Waals surface area (Å²) in [5.41, 5.74) is 0. The van der Waals surface area contributed by atoms with Crippen LogP contribution >= 0.6 is 0 Å². The fourth-order valence-electron chi connectivity index (χ4n) is 0.441. The SMILES string of the molecule is NN1CN([N+](=O)[O-])C=N1. The molecule has 0 fully saturated rings.